The van der Waals surface area contributed by atoms with E-state index in [2.05, 4.69) is 127 Å². The summed E-state index contributed by atoms with van der Waals surface area (Å²) in [6.45, 7) is 0. The van der Waals surface area contributed by atoms with Gasteiger partial charge < -0.3 is 0 Å². The Morgan fingerprint density at radius 1 is 0.500 bits per heavy atom. The van der Waals surface area contributed by atoms with Crippen LogP contribution in [0.15, 0.2) is 127 Å². The molecule has 0 spiro atoms. The van der Waals surface area contributed by atoms with Crippen LogP contribution >= 0.6 is 11.3 Å². The fourth-order valence-electron chi connectivity index (χ4n) is 11.6. The molecule has 2 aromatic heterocycles. The molecular formula is C48H37N3S. The van der Waals surface area contributed by atoms with Crippen LogP contribution in [0.3, 0.4) is 0 Å². The highest BCUT2D eigenvalue weighted by Gasteiger charge is 2.56. The third-order valence-corrected chi connectivity index (χ3v) is 14.4. The van der Waals surface area contributed by atoms with E-state index in [1.807, 2.05) is 11.3 Å². The normalized spacial score (nSPS) is 24.2. The zero-order chi connectivity index (χ0) is 34.0. The van der Waals surface area contributed by atoms with Crippen LogP contribution in [0, 0.1) is 23.2 Å². The number of hydrogen-bond donors (Lipinski definition) is 0. The Kier molecular flexibility index (Phi) is 6.17. The van der Waals surface area contributed by atoms with Crippen molar-refractivity contribution < 1.29 is 0 Å². The van der Waals surface area contributed by atoms with Crippen LogP contribution in [0.1, 0.15) is 55.6 Å². The molecule has 5 aliphatic carbocycles. The topological polar surface area (TPSA) is 38.7 Å². The highest BCUT2D eigenvalue weighted by atomic mass is 32.1. The molecule has 1 atom stereocenters. The Labute approximate surface area is 307 Å². The van der Waals surface area contributed by atoms with Crippen molar-refractivity contribution in [3.63, 3.8) is 0 Å². The van der Waals surface area contributed by atoms with Crippen molar-refractivity contribution in [1.29, 1.82) is 0 Å². The van der Waals surface area contributed by atoms with Gasteiger partial charge in [0.15, 0.2) is 17.5 Å². The molecule has 0 N–H and O–H groups in total. The second-order valence-electron chi connectivity index (χ2n) is 16.2. The molecule has 4 heteroatoms. The summed E-state index contributed by atoms with van der Waals surface area (Å²) >= 11 is 1.82. The van der Waals surface area contributed by atoms with Gasteiger partial charge in [-0.15, -0.1) is 11.3 Å². The minimum Gasteiger partial charge on any atom is -0.208 e. The van der Waals surface area contributed by atoms with Crippen LogP contribution in [0.25, 0.3) is 76.2 Å². The first-order valence-corrected chi connectivity index (χ1v) is 19.9. The maximum absolute atomic E-state index is 5.35. The molecule has 2 heterocycles. The van der Waals surface area contributed by atoms with Crippen LogP contribution in [-0.2, 0) is 0 Å². The molecule has 0 aliphatic heterocycles. The summed E-state index contributed by atoms with van der Waals surface area (Å²) in [5, 5.41) is 5.24. The SMILES string of the molecule is c1ccc(-c2nc(-c3ccc4c(c3)C(C35CC6CC(CC(C6)C3)C5)c3ccc5ccccc5c3-4)nc(-c3cccc4c3sc3ccccc34)n2)cc1. The second-order valence-corrected chi connectivity index (χ2v) is 17.3. The Morgan fingerprint density at radius 3 is 1.98 bits per heavy atom. The van der Waals surface area contributed by atoms with E-state index in [1.165, 1.54) is 86.2 Å². The van der Waals surface area contributed by atoms with E-state index in [1.54, 1.807) is 5.56 Å². The van der Waals surface area contributed by atoms with Crippen molar-refractivity contribution >= 4 is 42.3 Å². The summed E-state index contributed by atoms with van der Waals surface area (Å²) in [5.74, 6) is 5.25. The van der Waals surface area contributed by atoms with Gasteiger partial charge in [-0.1, -0.05) is 109 Å². The van der Waals surface area contributed by atoms with E-state index in [-0.39, 0.29) is 0 Å². The number of thiophene rings is 1. The van der Waals surface area contributed by atoms with Crippen LogP contribution in [0.2, 0.25) is 0 Å². The van der Waals surface area contributed by atoms with E-state index < -0.39 is 0 Å². The Balaban J connectivity index is 1.08. The quantitative estimate of drug-likeness (QED) is 0.185. The molecule has 4 saturated carbocycles. The molecule has 8 aromatic rings. The van der Waals surface area contributed by atoms with E-state index in [0.29, 0.717) is 17.2 Å². The molecule has 4 fully saturated rings. The van der Waals surface area contributed by atoms with E-state index in [9.17, 15) is 0 Å². The summed E-state index contributed by atoms with van der Waals surface area (Å²) in [6, 6.07) is 46.7. The smallest absolute Gasteiger partial charge is 0.165 e. The number of rotatable bonds is 4. The standard InChI is InChI=1S/C48H37N3S/c1-2-10-32(11-3-1)45-49-46(51-47(50-45)39-15-8-14-37-35-13-6-7-16-41(35)52-44(37)39)33-18-19-36-40(24-33)43(38-20-17-31-9-4-5-12-34(31)42(36)38)48-25-28-21-29(26-48)23-30(22-28)27-48/h1-20,24,28-30,43H,21-23,25-27H2. The molecule has 0 radical (unpaired) electrons. The number of fused-ring (bicyclic) bond motifs is 8. The number of nitrogens with zero attached hydrogens (tertiary/aromatic N) is 3. The van der Waals surface area contributed by atoms with Gasteiger partial charge >= 0.3 is 0 Å². The molecule has 13 rings (SSSR count). The highest BCUT2D eigenvalue weighted by molar-refractivity contribution is 7.26. The summed E-state index contributed by atoms with van der Waals surface area (Å²) in [4.78, 5) is 15.8. The van der Waals surface area contributed by atoms with Crippen LogP contribution in [-0.4, -0.2) is 15.0 Å². The molecule has 0 amide bonds. The fourth-order valence-corrected chi connectivity index (χ4v) is 12.8. The average molecular weight is 688 g/mol. The molecule has 1 unspecified atom stereocenters. The van der Waals surface area contributed by atoms with Crippen LogP contribution in [0.4, 0.5) is 0 Å². The van der Waals surface area contributed by atoms with Crippen molar-refractivity contribution in [3.05, 3.63) is 139 Å². The molecule has 250 valence electrons. The van der Waals surface area contributed by atoms with Gasteiger partial charge in [0.1, 0.15) is 0 Å². The fraction of sp³-hybridized carbons (Fsp3) is 0.229. The zero-order valence-electron chi connectivity index (χ0n) is 28.9. The summed E-state index contributed by atoms with van der Waals surface area (Å²) in [6.07, 6.45) is 8.45. The molecule has 0 saturated heterocycles. The first kappa shape index (κ1) is 29.4. The average Bonchev–Trinajstić information content (AvgIpc) is 3.74. The first-order chi connectivity index (χ1) is 25.7. The molecule has 4 bridgehead atoms. The van der Waals surface area contributed by atoms with Gasteiger partial charge in [-0.05, 0) is 113 Å². The third kappa shape index (κ3) is 4.28. The Morgan fingerprint density at radius 2 is 1.17 bits per heavy atom. The van der Waals surface area contributed by atoms with Gasteiger partial charge in [0, 0.05) is 42.8 Å². The van der Waals surface area contributed by atoms with Gasteiger partial charge in [0.05, 0.1) is 0 Å². The van der Waals surface area contributed by atoms with Crippen LogP contribution < -0.4 is 0 Å². The lowest BCUT2D eigenvalue weighted by molar-refractivity contribution is -0.0612. The number of benzene rings is 6. The lowest BCUT2D eigenvalue weighted by Gasteiger charge is -2.59. The van der Waals surface area contributed by atoms with Crippen molar-refractivity contribution in [2.75, 3.05) is 0 Å². The van der Waals surface area contributed by atoms with E-state index in [4.69, 9.17) is 15.0 Å². The minimum absolute atomic E-state index is 0.326. The van der Waals surface area contributed by atoms with Crippen molar-refractivity contribution in [3.8, 4) is 45.3 Å². The lowest BCUT2D eigenvalue weighted by Crippen LogP contribution is -2.48. The first-order valence-electron chi connectivity index (χ1n) is 19.1. The molecule has 3 nitrogen and oxygen atoms in total. The van der Waals surface area contributed by atoms with Gasteiger partial charge in [0.25, 0.3) is 0 Å². The maximum atomic E-state index is 5.35. The number of aromatic nitrogens is 3. The Bertz CT molecular complexity index is 2710. The molecular weight excluding hydrogens is 651 g/mol. The van der Waals surface area contributed by atoms with Gasteiger partial charge in [0.2, 0.25) is 0 Å². The largest absolute Gasteiger partial charge is 0.208 e. The highest BCUT2D eigenvalue weighted by Crippen LogP contribution is 2.69. The predicted octanol–water partition coefficient (Wildman–Crippen LogP) is 12.7. The summed E-state index contributed by atoms with van der Waals surface area (Å²) < 4.78 is 2.50. The van der Waals surface area contributed by atoms with Crippen molar-refractivity contribution in [2.24, 2.45) is 23.2 Å². The van der Waals surface area contributed by atoms with Gasteiger partial charge in [-0.2, -0.15) is 0 Å². The minimum atomic E-state index is 0.326. The molecule has 5 aliphatic rings. The summed E-state index contributed by atoms with van der Waals surface area (Å²) in [5.41, 5.74) is 9.36. The zero-order valence-corrected chi connectivity index (χ0v) is 29.7. The van der Waals surface area contributed by atoms with E-state index >= 15 is 0 Å². The molecule has 52 heavy (non-hydrogen) atoms. The van der Waals surface area contributed by atoms with Gasteiger partial charge in [-0.3, -0.25) is 0 Å². The van der Waals surface area contributed by atoms with Crippen LogP contribution in [0.5, 0.6) is 0 Å². The third-order valence-electron chi connectivity index (χ3n) is 13.2. The maximum Gasteiger partial charge on any atom is 0.165 e. The second kappa shape index (κ2) is 10.9. The van der Waals surface area contributed by atoms with Gasteiger partial charge in [-0.25, -0.2) is 15.0 Å². The van der Waals surface area contributed by atoms with E-state index in [0.717, 1.165) is 46.1 Å². The monoisotopic (exact) mass is 687 g/mol. The summed E-state index contributed by atoms with van der Waals surface area (Å²) in [7, 11) is 0. The van der Waals surface area contributed by atoms with Crippen molar-refractivity contribution in [2.45, 2.75) is 44.4 Å². The van der Waals surface area contributed by atoms with Crippen molar-refractivity contribution in [1.82, 2.24) is 15.0 Å². The lowest BCUT2D eigenvalue weighted by atomic mass is 9.45. The number of hydrogen-bond acceptors (Lipinski definition) is 4. The molecule has 6 aromatic carbocycles. The predicted molar refractivity (Wildman–Crippen MR) is 214 cm³/mol. The Hall–Kier alpha value is -5.19.